The lowest BCUT2D eigenvalue weighted by Gasteiger charge is -2.16. The second-order valence-corrected chi connectivity index (χ2v) is 7.33. The summed E-state index contributed by atoms with van der Waals surface area (Å²) in [4.78, 5) is 12.8. The monoisotopic (exact) mass is 381 g/mol. The fourth-order valence-electron chi connectivity index (χ4n) is 2.65. The maximum atomic E-state index is 12.8. The van der Waals surface area contributed by atoms with E-state index < -0.39 is 5.25 Å². The molecular weight excluding hydrogens is 362 g/mol. The van der Waals surface area contributed by atoms with Crippen molar-refractivity contribution in [2.24, 2.45) is 0 Å². The maximum Gasteiger partial charge on any atom is 0.238 e. The Bertz CT molecular complexity index is 909. The highest BCUT2D eigenvalue weighted by atomic mass is 32.2. The number of hydrogen-bond acceptors (Lipinski definition) is 6. The fourth-order valence-corrected chi connectivity index (χ4v) is 3.65. The quantitative estimate of drug-likeness (QED) is 0.634. The number of thioether (sulfide) groups is 1. The van der Waals surface area contributed by atoms with Crippen LogP contribution in [0.15, 0.2) is 59.8 Å². The van der Waals surface area contributed by atoms with E-state index in [1.165, 1.54) is 11.8 Å². The summed E-state index contributed by atoms with van der Waals surface area (Å²) in [6.07, 6.45) is 2.09. The third kappa shape index (κ3) is 4.11. The molecule has 0 saturated heterocycles. The van der Waals surface area contributed by atoms with Crippen molar-refractivity contribution in [3.63, 3.8) is 0 Å². The Kier molecular flexibility index (Phi) is 5.06. The summed E-state index contributed by atoms with van der Waals surface area (Å²) in [6, 6.07) is 17.4. The molecule has 4 rings (SSSR count). The summed E-state index contributed by atoms with van der Waals surface area (Å²) in [5.74, 6) is 0.741. The average molecular weight is 381 g/mol. The summed E-state index contributed by atoms with van der Waals surface area (Å²) in [5, 5.41) is 15.2. The van der Waals surface area contributed by atoms with Crippen LogP contribution in [0.3, 0.4) is 0 Å². The number of ether oxygens (including phenoxy) is 1. The number of carbonyl (C=O) groups is 1. The van der Waals surface area contributed by atoms with Crippen LogP contribution in [0.1, 0.15) is 23.7 Å². The van der Waals surface area contributed by atoms with Crippen molar-refractivity contribution in [3.05, 3.63) is 60.2 Å². The van der Waals surface area contributed by atoms with Crippen molar-refractivity contribution < 1.29 is 9.53 Å². The van der Waals surface area contributed by atoms with Crippen LogP contribution in [0.5, 0.6) is 5.75 Å². The molecule has 3 aromatic rings. The van der Waals surface area contributed by atoms with Gasteiger partial charge in [-0.05, 0) is 53.1 Å². The Balaban J connectivity index is 1.61. The van der Waals surface area contributed by atoms with E-state index in [0.29, 0.717) is 11.2 Å². The molecule has 0 radical (unpaired) electrons. The maximum absolute atomic E-state index is 12.8. The molecular formula is C19H19N5O2S. The lowest BCUT2D eigenvalue weighted by atomic mass is 10.1. The fraction of sp³-hybridized carbons (Fsp3) is 0.263. The van der Waals surface area contributed by atoms with E-state index in [0.717, 1.165) is 29.8 Å². The van der Waals surface area contributed by atoms with Gasteiger partial charge in [0.2, 0.25) is 11.1 Å². The van der Waals surface area contributed by atoms with E-state index in [9.17, 15) is 4.79 Å². The lowest BCUT2D eigenvalue weighted by molar-refractivity contribution is -0.120. The van der Waals surface area contributed by atoms with Gasteiger partial charge in [-0.25, -0.2) is 0 Å². The predicted molar refractivity (Wildman–Crippen MR) is 102 cm³/mol. The zero-order valence-electron chi connectivity index (χ0n) is 14.8. The van der Waals surface area contributed by atoms with E-state index >= 15 is 0 Å². The topological polar surface area (TPSA) is 81.9 Å². The van der Waals surface area contributed by atoms with E-state index in [2.05, 4.69) is 20.8 Å². The van der Waals surface area contributed by atoms with Crippen LogP contribution in [0.4, 0.5) is 0 Å². The van der Waals surface area contributed by atoms with Crippen molar-refractivity contribution in [2.75, 3.05) is 7.11 Å². The Labute approximate surface area is 161 Å². The number of hydrogen-bond donors (Lipinski definition) is 1. The van der Waals surface area contributed by atoms with Gasteiger partial charge in [0.05, 0.1) is 12.8 Å². The molecule has 1 amide bonds. The number of tetrazole rings is 1. The summed E-state index contributed by atoms with van der Waals surface area (Å²) >= 11 is 1.34. The van der Waals surface area contributed by atoms with E-state index in [4.69, 9.17) is 4.74 Å². The molecule has 2 aromatic carbocycles. The number of rotatable bonds is 7. The summed E-state index contributed by atoms with van der Waals surface area (Å²) < 4.78 is 6.82. The van der Waals surface area contributed by atoms with Crippen LogP contribution in [0, 0.1) is 0 Å². The van der Waals surface area contributed by atoms with Crippen LogP contribution in [-0.2, 0) is 4.79 Å². The minimum absolute atomic E-state index is 0.0158. The molecule has 138 valence electrons. The van der Waals surface area contributed by atoms with Crippen molar-refractivity contribution in [2.45, 2.75) is 29.3 Å². The van der Waals surface area contributed by atoms with Crippen molar-refractivity contribution in [3.8, 4) is 11.4 Å². The third-order valence-electron chi connectivity index (χ3n) is 4.25. The molecule has 1 aliphatic carbocycles. The van der Waals surface area contributed by atoms with Crippen LogP contribution >= 0.6 is 11.8 Å². The molecule has 0 unspecified atom stereocenters. The van der Waals surface area contributed by atoms with Crippen LogP contribution in [0.25, 0.3) is 5.69 Å². The molecule has 1 saturated carbocycles. The van der Waals surface area contributed by atoms with Gasteiger partial charge >= 0.3 is 0 Å². The summed E-state index contributed by atoms with van der Waals surface area (Å²) in [5.41, 5.74) is 1.72. The van der Waals surface area contributed by atoms with Crippen molar-refractivity contribution in [1.82, 2.24) is 25.5 Å². The Hall–Kier alpha value is -2.87. The Morgan fingerprint density at radius 2 is 1.93 bits per heavy atom. The first-order valence-corrected chi connectivity index (χ1v) is 9.57. The number of nitrogens with zero attached hydrogens (tertiary/aromatic N) is 4. The first kappa shape index (κ1) is 17.5. The molecule has 27 heavy (non-hydrogen) atoms. The van der Waals surface area contributed by atoms with Gasteiger partial charge in [0.15, 0.2) is 0 Å². The second kappa shape index (κ2) is 7.79. The zero-order chi connectivity index (χ0) is 18.6. The molecule has 8 heteroatoms. The number of carbonyl (C=O) groups excluding carboxylic acids is 1. The van der Waals surface area contributed by atoms with Gasteiger partial charge in [0.25, 0.3) is 0 Å². The number of nitrogens with one attached hydrogen (secondary N) is 1. The van der Waals surface area contributed by atoms with E-state index in [1.54, 1.807) is 11.8 Å². The number of benzene rings is 2. The number of aromatic nitrogens is 4. The first-order chi connectivity index (χ1) is 13.2. The van der Waals surface area contributed by atoms with Gasteiger partial charge in [-0.2, -0.15) is 4.68 Å². The number of methoxy groups -OCH3 is 1. The molecule has 1 aromatic heterocycles. The molecule has 1 atom stereocenters. The Morgan fingerprint density at radius 1 is 1.19 bits per heavy atom. The van der Waals surface area contributed by atoms with Gasteiger partial charge in [-0.15, -0.1) is 5.10 Å². The molecule has 0 spiro atoms. The molecule has 1 N–H and O–H groups in total. The minimum Gasteiger partial charge on any atom is -0.497 e. The predicted octanol–water partition coefficient (Wildman–Crippen LogP) is 2.78. The largest absolute Gasteiger partial charge is 0.497 e. The highest BCUT2D eigenvalue weighted by Gasteiger charge is 2.30. The van der Waals surface area contributed by atoms with E-state index in [1.807, 2.05) is 54.6 Å². The number of amides is 1. The summed E-state index contributed by atoms with van der Waals surface area (Å²) in [7, 11) is 1.62. The lowest BCUT2D eigenvalue weighted by Crippen LogP contribution is -2.29. The SMILES string of the molecule is COc1ccc(-n2nnnc2S[C@@H](C(=O)NC2CC2)c2ccccc2)cc1. The van der Waals surface area contributed by atoms with Crippen molar-refractivity contribution in [1.29, 1.82) is 0 Å². The zero-order valence-corrected chi connectivity index (χ0v) is 15.6. The first-order valence-electron chi connectivity index (χ1n) is 8.69. The average Bonchev–Trinajstić information content (AvgIpc) is 3.40. The van der Waals surface area contributed by atoms with Crippen LogP contribution < -0.4 is 10.1 Å². The van der Waals surface area contributed by atoms with Gasteiger partial charge in [-0.3, -0.25) is 4.79 Å². The van der Waals surface area contributed by atoms with Gasteiger partial charge in [-0.1, -0.05) is 42.1 Å². The Morgan fingerprint density at radius 3 is 2.59 bits per heavy atom. The molecule has 1 aliphatic rings. The van der Waals surface area contributed by atoms with Crippen LogP contribution in [0.2, 0.25) is 0 Å². The normalized spacial score (nSPS) is 14.6. The third-order valence-corrected chi connectivity index (χ3v) is 5.43. The second-order valence-electron chi connectivity index (χ2n) is 6.26. The molecule has 0 bridgehead atoms. The molecule has 0 aliphatic heterocycles. The minimum atomic E-state index is -0.421. The van der Waals surface area contributed by atoms with Gasteiger partial charge in [0.1, 0.15) is 11.0 Å². The standard InChI is InChI=1S/C19H19N5O2S/c1-26-16-11-9-15(10-12-16)24-19(21-22-23-24)27-17(13-5-3-2-4-6-13)18(25)20-14-7-8-14/h2-6,9-12,14,17H,7-8H2,1H3,(H,20,25)/t17-/m1/s1. The van der Waals surface area contributed by atoms with E-state index in [-0.39, 0.29) is 5.91 Å². The smallest absolute Gasteiger partial charge is 0.238 e. The highest BCUT2D eigenvalue weighted by Crippen LogP contribution is 2.36. The molecule has 1 fully saturated rings. The van der Waals surface area contributed by atoms with Crippen molar-refractivity contribution >= 4 is 17.7 Å². The van der Waals surface area contributed by atoms with Crippen LogP contribution in [-0.4, -0.2) is 39.3 Å². The molecule has 1 heterocycles. The molecule has 7 nitrogen and oxygen atoms in total. The van der Waals surface area contributed by atoms with Gasteiger partial charge in [0, 0.05) is 6.04 Å². The van der Waals surface area contributed by atoms with Gasteiger partial charge < -0.3 is 10.1 Å². The summed E-state index contributed by atoms with van der Waals surface area (Å²) in [6.45, 7) is 0. The highest BCUT2D eigenvalue weighted by molar-refractivity contribution is 8.00.